The Labute approximate surface area is 139 Å². The molecule has 0 aromatic heterocycles. The van der Waals surface area contributed by atoms with Crippen LogP contribution in [-0.4, -0.2) is 47.0 Å². The van der Waals surface area contributed by atoms with Gasteiger partial charge in [0.1, 0.15) is 6.04 Å². The van der Waals surface area contributed by atoms with Gasteiger partial charge in [0.15, 0.2) is 0 Å². The van der Waals surface area contributed by atoms with Crippen molar-refractivity contribution in [2.45, 2.75) is 38.2 Å². The minimum atomic E-state index is -1.70. The Morgan fingerprint density at radius 2 is 1.96 bits per heavy atom. The molecule has 0 unspecified atom stereocenters. The van der Waals surface area contributed by atoms with Crippen LogP contribution >= 0.6 is 0 Å². The molecule has 1 saturated heterocycles. The molecule has 0 aliphatic carbocycles. The predicted octanol–water partition coefficient (Wildman–Crippen LogP) is -0.977. The van der Waals surface area contributed by atoms with Gasteiger partial charge in [-0.15, -0.1) is 0 Å². The normalized spacial score (nSPS) is 17.9. The summed E-state index contributed by atoms with van der Waals surface area (Å²) in [5.41, 5.74) is 1.95. The molecule has 0 bridgehead atoms. The van der Waals surface area contributed by atoms with Gasteiger partial charge >= 0.3 is 13.1 Å². The SMILES string of the molecule is Cc1ccc(C[C@H](NC(=O)CC[C@@H]2NC(=O)NC2=O)B(O)O)cc1. The van der Waals surface area contributed by atoms with Crippen LogP contribution in [0.25, 0.3) is 0 Å². The average Bonchev–Trinajstić information content (AvgIpc) is 2.84. The summed E-state index contributed by atoms with van der Waals surface area (Å²) in [6.07, 6.45) is 0.391. The topological polar surface area (TPSA) is 128 Å². The van der Waals surface area contributed by atoms with E-state index in [-0.39, 0.29) is 19.3 Å². The second kappa shape index (κ2) is 7.94. The summed E-state index contributed by atoms with van der Waals surface area (Å²) in [5.74, 6) is -1.74. The van der Waals surface area contributed by atoms with E-state index in [1.54, 1.807) is 0 Å². The molecule has 2 rings (SSSR count). The van der Waals surface area contributed by atoms with Gasteiger partial charge < -0.3 is 20.7 Å². The van der Waals surface area contributed by atoms with Crippen molar-refractivity contribution in [1.82, 2.24) is 16.0 Å². The number of hydrogen-bond donors (Lipinski definition) is 5. The lowest BCUT2D eigenvalue weighted by Crippen LogP contribution is -2.48. The molecule has 1 aliphatic heterocycles. The highest BCUT2D eigenvalue weighted by atomic mass is 16.4. The fourth-order valence-corrected chi connectivity index (χ4v) is 2.43. The van der Waals surface area contributed by atoms with Crippen molar-refractivity contribution >= 4 is 25.0 Å². The van der Waals surface area contributed by atoms with Gasteiger partial charge in [-0.1, -0.05) is 29.8 Å². The second-order valence-corrected chi connectivity index (χ2v) is 5.83. The van der Waals surface area contributed by atoms with Crippen molar-refractivity contribution in [3.63, 3.8) is 0 Å². The molecule has 0 saturated carbocycles. The van der Waals surface area contributed by atoms with Crippen molar-refractivity contribution in [3.8, 4) is 0 Å². The van der Waals surface area contributed by atoms with Gasteiger partial charge in [0.25, 0.3) is 5.91 Å². The largest absolute Gasteiger partial charge is 0.475 e. The van der Waals surface area contributed by atoms with Crippen LogP contribution in [0.4, 0.5) is 4.79 Å². The van der Waals surface area contributed by atoms with Crippen molar-refractivity contribution in [2.75, 3.05) is 0 Å². The number of imide groups is 1. The molecule has 4 amide bonds. The molecular formula is C15H20BN3O5. The third-order valence-corrected chi connectivity index (χ3v) is 3.80. The minimum Gasteiger partial charge on any atom is -0.426 e. The average molecular weight is 333 g/mol. The molecule has 9 heteroatoms. The lowest BCUT2D eigenvalue weighted by Gasteiger charge is -2.18. The van der Waals surface area contributed by atoms with E-state index < -0.39 is 36.9 Å². The molecule has 1 fully saturated rings. The highest BCUT2D eigenvalue weighted by molar-refractivity contribution is 6.43. The van der Waals surface area contributed by atoms with Crippen LogP contribution in [-0.2, 0) is 16.0 Å². The number of urea groups is 1. The van der Waals surface area contributed by atoms with E-state index in [4.69, 9.17) is 0 Å². The molecule has 0 spiro atoms. The quantitative estimate of drug-likeness (QED) is 0.324. The van der Waals surface area contributed by atoms with E-state index in [9.17, 15) is 24.4 Å². The van der Waals surface area contributed by atoms with Crippen molar-refractivity contribution in [1.29, 1.82) is 0 Å². The number of nitrogens with one attached hydrogen (secondary N) is 3. The lowest BCUT2D eigenvalue weighted by atomic mass is 9.75. The van der Waals surface area contributed by atoms with Gasteiger partial charge in [0.05, 0.1) is 5.94 Å². The molecule has 1 aromatic carbocycles. The summed E-state index contributed by atoms with van der Waals surface area (Å²) in [6, 6.07) is 6.20. The molecule has 1 aromatic rings. The van der Waals surface area contributed by atoms with E-state index >= 15 is 0 Å². The highest BCUT2D eigenvalue weighted by Crippen LogP contribution is 2.08. The molecule has 8 nitrogen and oxygen atoms in total. The standard InChI is InChI=1S/C15H20BN3O5/c1-9-2-4-10(5-3-9)8-12(16(23)24)18-13(20)7-6-11-14(21)19-15(22)17-11/h2-5,11-12,23-24H,6-8H2,1H3,(H,18,20)(H2,17,19,21,22)/t11-,12-/m0/s1. The summed E-state index contributed by atoms with van der Waals surface area (Å²) >= 11 is 0. The van der Waals surface area contributed by atoms with Gasteiger partial charge in [-0.05, 0) is 25.3 Å². The molecule has 5 N–H and O–H groups in total. The molecular weight excluding hydrogens is 313 g/mol. The number of hydrogen-bond acceptors (Lipinski definition) is 5. The summed E-state index contributed by atoms with van der Waals surface area (Å²) < 4.78 is 0. The zero-order chi connectivity index (χ0) is 17.7. The highest BCUT2D eigenvalue weighted by Gasteiger charge is 2.30. The Bertz CT molecular complexity index is 620. The third-order valence-electron chi connectivity index (χ3n) is 3.80. The van der Waals surface area contributed by atoms with Crippen LogP contribution in [0.3, 0.4) is 0 Å². The van der Waals surface area contributed by atoms with E-state index in [2.05, 4.69) is 16.0 Å². The molecule has 0 radical (unpaired) electrons. The molecule has 128 valence electrons. The van der Waals surface area contributed by atoms with Crippen LogP contribution in [0.15, 0.2) is 24.3 Å². The van der Waals surface area contributed by atoms with Gasteiger partial charge in [0.2, 0.25) is 5.91 Å². The fraction of sp³-hybridized carbons (Fsp3) is 0.400. The Hall–Kier alpha value is -2.39. The number of carbonyl (C=O) groups is 3. The predicted molar refractivity (Wildman–Crippen MR) is 86.7 cm³/mol. The van der Waals surface area contributed by atoms with Crippen molar-refractivity contribution in [2.24, 2.45) is 0 Å². The summed E-state index contributed by atoms with van der Waals surface area (Å²) in [5, 5.41) is 25.9. The van der Waals surface area contributed by atoms with Crippen LogP contribution in [0.1, 0.15) is 24.0 Å². The zero-order valence-corrected chi connectivity index (χ0v) is 13.3. The monoisotopic (exact) mass is 333 g/mol. The molecule has 24 heavy (non-hydrogen) atoms. The van der Waals surface area contributed by atoms with Crippen molar-refractivity contribution in [3.05, 3.63) is 35.4 Å². The molecule has 1 aliphatic rings. The second-order valence-electron chi connectivity index (χ2n) is 5.83. The van der Waals surface area contributed by atoms with E-state index in [0.717, 1.165) is 11.1 Å². The summed E-state index contributed by atoms with van der Waals surface area (Å²) in [4.78, 5) is 34.4. The van der Waals surface area contributed by atoms with E-state index in [1.807, 2.05) is 31.2 Å². The number of carbonyl (C=O) groups excluding carboxylic acids is 3. The Morgan fingerprint density at radius 3 is 2.50 bits per heavy atom. The number of rotatable bonds is 7. The van der Waals surface area contributed by atoms with E-state index in [1.165, 1.54) is 0 Å². The maximum absolute atomic E-state index is 12.0. The van der Waals surface area contributed by atoms with Crippen LogP contribution in [0.5, 0.6) is 0 Å². The Morgan fingerprint density at radius 1 is 1.29 bits per heavy atom. The first kappa shape index (κ1) is 18.0. The minimum absolute atomic E-state index is 0.0184. The summed E-state index contributed by atoms with van der Waals surface area (Å²) in [6.45, 7) is 1.95. The first-order chi connectivity index (χ1) is 11.3. The Balaban J connectivity index is 1.85. The van der Waals surface area contributed by atoms with Crippen LogP contribution in [0, 0.1) is 6.92 Å². The van der Waals surface area contributed by atoms with Gasteiger partial charge in [0, 0.05) is 6.42 Å². The van der Waals surface area contributed by atoms with Crippen molar-refractivity contribution < 1.29 is 24.4 Å². The van der Waals surface area contributed by atoms with Gasteiger partial charge in [-0.25, -0.2) is 4.79 Å². The molecule has 1 heterocycles. The van der Waals surface area contributed by atoms with Gasteiger partial charge in [-0.3, -0.25) is 14.9 Å². The van der Waals surface area contributed by atoms with E-state index in [0.29, 0.717) is 0 Å². The Kier molecular flexibility index (Phi) is 5.94. The first-order valence-corrected chi connectivity index (χ1v) is 7.67. The molecule has 2 atom stereocenters. The number of aryl methyl sites for hydroxylation is 1. The maximum Gasteiger partial charge on any atom is 0.475 e. The number of benzene rings is 1. The first-order valence-electron chi connectivity index (χ1n) is 7.67. The van der Waals surface area contributed by atoms with Gasteiger partial charge in [-0.2, -0.15) is 0 Å². The van der Waals surface area contributed by atoms with Crippen LogP contribution < -0.4 is 16.0 Å². The van der Waals surface area contributed by atoms with Crippen LogP contribution in [0.2, 0.25) is 0 Å². The maximum atomic E-state index is 12.0. The lowest BCUT2D eigenvalue weighted by molar-refractivity contribution is -0.122. The summed E-state index contributed by atoms with van der Waals surface area (Å²) in [7, 11) is -1.70. The zero-order valence-electron chi connectivity index (χ0n) is 13.3. The smallest absolute Gasteiger partial charge is 0.426 e. The number of amides is 4. The fourth-order valence-electron chi connectivity index (χ4n) is 2.43. The third kappa shape index (κ3) is 5.07.